The molecule has 0 atom stereocenters. The first-order valence-corrected chi connectivity index (χ1v) is 5.68. The minimum atomic E-state index is 0.184. The van der Waals surface area contributed by atoms with Gasteiger partial charge in [0.15, 0.2) is 0 Å². The molecule has 0 aliphatic carbocycles. The highest BCUT2D eigenvalue weighted by atomic mass is 16.3. The molecule has 0 aliphatic rings. The van der Waals surface area contributed by atoms with E-state index in [4.69, 9.17) is 5.11 Å². The van der Waals surface area contributed by atoms with Crippen molar-refractivity contribution in [1.82, 2.24) is 14.7 Å². The second-order valence-corrected chi connectivity index (χ2v) is 4.09. The normalized spacial score (nSPS) is 11.0. The van der Waals surface area contributed by atoms with Crippen LogP contribution in [-0.2, 0) is 6.54 Å². The van der Waals surface area contributed by atoms with Gasteiger partial charge < -0.3 is 5.11 Å². The topological polar surface area (TPSA) is 41.3 Å². The van der Waals surface area contributed by atoms with E-state index in [0.717, 1.165) is 17.8 Å². The molecule has 2 aromatic rings. The van der Waals surface area contributed by atoms with Gasteiger partial charge in [-0.2, -0.15) is 5.10 Å². The molecule has 1 aromatic carbocycles. The Hall–Kier alpha value is -1.65. The third kappa shape index (κ3) is 3.15. The van der Waals surface area contributed by atoms with Gasteiger partial charge in [0, 0.05) is 24.8 Å². The number of aliphatic hydroxyl groups is 1. The minimum Gasteiger partial charge on any atom is -0.395 e. The van der Waals surface area contributed by atoms with Crippen molar-refractivity contribution < 1.29 is 5.11 Å². The number of aliphatic hydroxyl groups excluding tert-OH is 1. The number of aromatic nitrogens is 2. The van der Waals surface area contributed by atoms with Crippen LogP contribution in [-0.4, -0.2) is 40.0 Å². The highest BCUT2D eigenvalue weighted by Gasteiger charge is 2.03. The van der Waals surface area contributed by atoms with Crippen LogP contribution in [0.4, 0.5) is 0 Å². The second kappa shape index (κ2) is 5.61. The van der Waals surface area contributed by atoms with E-state index < -0.39 is 0 Å². The summed E-state index contributed by atoms with van der Waals surface area (Å²) in [5.74, 6) is 0. The molecule has 0 saturated carbocycles. The lowest BCUT2D eigenvalue weighted by atomic mass is 10.3. The van der Waals surface area contributed by atoms with E-state index in [0.29, 0.717) is 6.54 Å². The zero-order chi connectivity index (χ0) is 12.1. The van der Waals surface area contributed by atoms with Gasteiger partial charge in [-0.3, -0.25) is 4.90 Å². The Morgan fingerprint density at radius 3 is 2.76 bits per heavy atom. The molecule has 0 aliphatic heterocycles. The Morgan fingerprint density at radius 2 is 2.06 bits per heavy atom. The van der Waals surface area contributed by atoms with Crippen molar-refractivity contribution in [3.63, 3.8) is 0 Å². The summed E-state index contributed by atoms with van der Waals surface area (Å²) in [6, 6.07) is 10.0. The van der Waals surface area contributed by atoms with Crippen LogP contribution in [0.2, 0.25) is 0 Å². The van der Waals surface area contributed by atoms with E-state index in [9.17, 15) is 0 Å². The first kappa shape index (κ1) is 11.8. The summed E-state index contributed by atoms with van der Waals surface area (Å²) in [5.41, 5.74) is 2.20. The lowest BCUT2D eigenvalue weighted by Crippen LogP contribution is -2.21. The lowest BCUT2D eigenvalue weighted by molar-refractivity contribution is 0.217. The lowest BCUT2D eigenvalue weighted by Gasteiger charge is -2.12. The minimum absolute atomic E-state index is 0.184. The predicted octanol–water partition coefficient (Wildman–Crippen LogP) is 1.30. The van der Waals surface area contributed by atoms with Gasteiger partial charge >= 0.3 is 0 Å². The third-order valence-electron chi connectivity index (χ3n) is 2.59. The van der Waals surface area contributed by atoms with Crippen LogP contribution in [0.3, 0.4) is 0 Å². The fourth-order valence-corrected chi connectivity index (χ4v) is 1.73. The molecular weight excluding hydrogens is 214 g/mol. The summed E-state index contributed by atoms with van der Waals surface area (Å²) in [5, 5.41) is 13.2. The second-order valence-electron chi connectivity index (χ2n) is 4.09. The van der Waals surface area contributed by atoms with Gasteiger partial charge in [0.2, 0.25) is 0 Å². The van der Waals surface area contributed by atoms with Crippen molar-refractivity contribution in [2.24, 2.45) is 0 Å². The average molecular weight is 231 g/mol. The Balaban J connectivity index is 2.06. The van der Waals surface area contributed by atoms with Crippen LogP contribution in [0, 0.1) is 0 Å². The summed E-state index contributed by atoms with van der Waals surface area (Å²) >= 11 is 0. The Labute approximate surface area is 101 Å². The van der Waals surface area contributed by atoms with Crippen molar-refractivity contribution in [2.75, 3.05) is 20.2 Å². The Morgan fingerprint density at radius 1 is 1.29 bits per heavy atom. The van der Waals surface area contributed by atoms with Gasteiger partial charge in [0.25, 0.3) is 0 Å². The molecule has 90 valence electrons. The van der Waals surface area contributed by atoms with Crippen LogP contribution in [0.1, 0.15) is 5.56 Å². The summed E-state index contributed by atoms with van der Waals surface area (Å²) in [4.78, 5) is 2.06. The zero-order valence-corrected chi connectivity index (χ0v) is 9.95. The first-order chi connectivity index (χ1) is 8.29. The molecule has 0 saturated heterocycles. The van der Waals surface area contributed by atoms with Crippen molar-refractivity contribution in [3.05, 3.63) is 48.3 Å². The Bertz CT molecular complexity index is 453. The molecule has 1 aromatic heterocycles. The molecule has 0 unspecified atom stereocenters. The average Bonchev–Trinajstić information content (AvgIpc) is 2.79. The molecule has 1 N–H and O–H groups in total. The van der Waals surface area contributed by atoms with Gasteiger partial charge in [-0.25, -0.2) is 4.68 Å². The van der Waals surface area contributed by atoms with Crippen LogP contribution in [0.25, 0.3) is 5.69 Å². The van der Waals surface area contributed by atoms with Crippen LogP contribution in [0.15, 0.2) is 42.7 Å². The monoisotopic (exact) mass is 231 g/mol. The summed E-state index contributed by atoms with van der Waals surface area (Å²) in [7, 11) is 1.98. The van der Waals surface area contributed by atoms with Gasteiger partial charge in [-0.1, -0.05) is 18.2 Å². The van der Waals surface area contributed by atoms with Gasteiger partial charge in [0.05, 0.1) is 18.5 Å². The number of nitrogens with zero attached hydrogens (tertiary/aromatic N) is 3. The van der Waals surface area contributed by atoms with Gasteiger partial charge in [-0.15, -0.1) is 0 Å². The number of para-hydroxylation sites is 1. The van der Waals surface area contributed by atoms with Crippen molar-refractivity contribution in [1.29, 1.82) is 0 Å². The smallest absolute Gasteiger partial charge is 0.0645 e. The van der Waals surface area contributed by atoms with Crippen LogP contribution >= 0.6 is 0 Å². The summed E-state index contributed by atoms with van der Waals surface area (Å²) in [6.07, 6.45) is 3.88. The molecule has 0 bridgehead atoms. The van der Waals surface area contributed by atoms with Gasteiger partial charge in [0.1, 0.15) is 0 Å². The third-order valence-corrected chi connectivity index (χ3v) is 2.59. The summed E-state index contributed by atoms with van der Waals surface area (Å²) in [6.45, 7) is 1.66. The fraction of sp³-hybridized carbons (Fsp3) is 0.308. The number of likely N-dealkylation sites (N-methyl/N-ethyl adjacent to an activating group) is 1. The fourth-order valence-electron chi connectivity index (χ4n) is 1.73. The molecular formula is C13H17N3O. The van der Waals surface area contributed by atoms with E-state index in [1.165, 1.54) is 0 Å². The maximum Gasteiger partial charge on any atom is 0.0645 e. The Kier molecular flexibility index (Phi) is 3.90. The number of rotatable bonds is 5. The maximum atomic E-state index is 8.84. The maximum absolute atomic E-state index is 8.84. The first-order valence-electron chi connectivity index (χ1n) is 5.68. The molecule has 0 fully saturated rings. The number of hydrogen-bond acceptors (Lipinski definition) is 3. The van der Waals surface area contributed by atoms with Crippen LogP contribution in [0.5, 0.6) is 0 Å². The number of hydrogen-bond donors (Lipinski definition) is 1. The SMILES string of the molecule is CN(CCO)Cc1cnn(-c2ccccc2)c1. The zero-order valence-electron chi connectivity index (χ0n) is 9.95. The van der Waals surface area contributed by atoms with E-state index in [1.54, 1.807) is 0 Å². The van der Waals surface area contributed by atoms with E-state index in [1.807, 2.05) is 54.5 Å². The standard InChI is InChI=1S/C13H17N3O/c1-15(7-8-17)10-12-9-14-16(11-12)13-5-3-2-4-6-13/h2-6,9,11,17H,7-8,10H2,1H3. The van der Waals surface area contributed by atoms with Crippen molar-refractivity contribution >= 4 is 0 Å². The highest BCUT2D eigenvalue weighted by molar-refractivity contribution is 5.30. The largest absolute Gasteiger partial charge is 0.395 e. The van der Waals surface area contributed by atoms with Crippen LogP contribution < -0.4 is 0 Å². The summed E-state index contributed by atoms with van der Waals surface area (Å²) < 4.78 is 1.86. The molecule has 0 radical (unpaired) electrons. The van der Waals surface area contributed by atoms with Crippen molar-refractivity contribution in [3.8, 4) is 5.69 Å². The molecule has 4 heteroatoms. The molecule has 4 nitrogen and oxygen atoms in total. The molecule has 0 amide bonds. The van der Waals surface area contributed by atoms with Gasteiger partial charge in [-0.05, 0) is 19.2 Å². The predicted molar refractivity (Wildman–Crippen MR) is 67.0 cm³/mol. The molecule has 17 heavy (non-hydrogen) atoms. The number of benzene rings is 1. The molecule has 1 heterocycles. The van der Waals surface area contributed by atoms with E-state index in [2.05, 4.69) is 10.00 Å². The van der Waals surface area contributed by atoms with E-state index >= 15 is 0 Å². The van der Waals surface area contributed by atoms with Crippen molar-refractivity contribution in [2.45, 2.75) is 6.54 Å². The molecule has 0 spiro atoms. The molecule has 2 rings (SSSR count). The van der Waals surface area contributed by atoms with E-state index in [-0.39, 0.29) is 6.61 Å². The quantitative estimate of drug-likeness (QED) is 0.843. The highest BCUT2D eigenvalue weighted by Crippen LogP contribution is 2.08.